The molecule has 12 heteroatoms. The number of rotatable bonds is 9. The lowest BCUT2D eigenvalue weighted by atomic mass is 10.3. The Morgan fingerprint density at radius 1 is 1.06 bits per heavy atom. The van der Waals surface area contributed by atoms with Crippen molar-refractivity contribution >= 4 is 82.7 Å². The molecule has 35 heavy (non-hydrogen) atoms. The van der Waals surface area contributed by atoms with E-state index < -0.39 is 0 Å². The van der Waals surface area contributed by atoms with E-state index >= 15 is 0 Å². The molecule has 0 aliphatic carbocycles. The van der Waals surface area contributed by atoms with Gasteiger partial charge in [0.05, 0.1) is 23.3 Å². The van der Waals surface area contributed by atoms with Crippen molar-refractivity contribution in [3.63, 3.8) is 0 Å². The molecule has 2 N–H and O–H groups in total. The Morgan fingerprint density at radius 3 is 2.46 bits per heavy atom. The van der Waals surface area contributed by atoms with Gasteiger partial charge in [-0.3, -0.25) is 14.6 Å². The summed E-state index contributed by atoms with van der Waals surface area (Å²) in [5.74, 6) is 1.02. The third kappa shape index (κ3) is 8.18. The molecule has 1 fully saturated rings. The highest BCUT2D eigenvalue weighted by molar-refractivity contribution is 7.99. The number of imidazole rings is 1. The predicted molar refractivity (Wildman–Crippen MR) is 155 cm³/mol. The van der Waals surface area contributed by atoms with Crippen LogP contribution in [0.4, 0.5) is 5.69 Å². The number of nitrogens with one attached hydrogen (secondary N) is 2. The molecule has 0 saturated carbocycles. The second kappa shape index (κ2) is 14.6. The molecule has 0 spiro atoms. The molecule has 0 radical (unpaired) electrons. The Bertz CT molecular complexity index is 1050. The van der Waals surface area contributed by atoms with Gasteiger partial charge in [-0.2, -0.15) is 0 Å². The number of piperazine rings is 1. The van der Waals surface area contributed by atoms with E-state index in [9.17, 15) is 4.79 Å². The molecule has 1 aliphatic heterocycles. The second-order valence-electron chi connectivity index (χ2n) is 7.92. The quantitative estimate of drug-likeness (QED) is 0.349. The van der Waals surface area contributed by atoms with E-state index in [4.69, 9.17) is 0 Å². The van der Waals surface area contributed by atoms with Crippen molar-refractivity contribution in [3.8, 4) is 0 Å². The van der Waals surface area contributed by atoms with Gasteiger partial charge in [-0.25, -0.2) is 9.97 Å². The average Bonchev–Trinajstić information content (AvgIpc) is 3.23. The number of benzene rings is 1. The fourth-order valence-corrected chi connectivity index (χ4v) is 6.05. The summed E-state index contributed by atoms with van der Waals surface area (Å²) in [5.41, 5.74) is 3.91. The van der Waals surface area contributed by atoms with Gasteiger partial charge < -0.3 is 10.3 Å². The number of aromatic amines is 1. The van der Waals surface area contributed by atoms with Gasteiger partial charge in [0.1, 0.15) is 5.03 Å². The number of para-hydroxylation sites is 2. The standard InChI is InChI=1S/C23H30N6OS3.2ClH/c1-16-14-19(31-2)21(22(24-16)32-3)27-20(30)15-29-10-8-28(9-11-29)12-13-33-23-25-17-6-4-5-7-18(17)26-23;;/h4-7,14H,8-13,15H2,1-3H3,(H,25,26)(H,27,30);2*1H. The van der Waals surface area contributed by atoms with Crippen LogP contribution in [-0.2, 0) is 4.79 Å². The maximum absolute atomic E-state index is 12.8. The van der Waals surface area contributed by atoms with Gasteiger partial charge in [-0.1, -0.05) is 23.9 Å². The minimum absolute atomic E-state index is 0. The summed E-state index contributed by atoms with van der Waals surface area (Å²) in [6.45, 7) is 7.18. The number of fused-ring (bicyclic) bond motifs is 1. The number of thioether (sulfide) groups is 3. The summed E-state index contributed by atoms with van der Waals surface area (Å²) >= 11 is 4.97. The van der Waals surface area contributed by atoms with Crippen molar-refractivity contribution in [2.24, 2.45) is 0 Å². The average molecular weight is 576 g/mol. The molecule has 4 rings (SSSR count). The fraction of sp³-hybridized carbons (Fsp3) is 0.435. The zero-order valence-corrected chi connectivity index (χ0v) is 24.2. The topological polar surface area (TPSA) is 77.2 Å². The molecular formula is C23H32Cl2N6OS3. The lowest BCUT2D eigenvalue weighted by molar-refractivity contribution is -0.117. The van der Waals surface area contributed by atoms with Crippen molar-refractivity contribution in [1.82, 2.24) is 24.8 Å². The number of carbonyl (C=O) groups is 1. The molecule has 3 heterocycles. The molecule has 0 atom stereocenters. The number of H-pyrrole nitrogens is 1. The monoisotopic (exact) mass is 574 g/mol. The first-order valence-electron chi connectivity index (χ1n) is 11.0. The maximum atomic E-state index is 12.8. The lowest BCUT2D eigenvalue weighted by Gasteiger charge is -2.34. The number of amides is 1. The predicted octanol–water partition coefficient (Wildman–Crippen LogP) is 4.90. The van der Waals surface area contributed by atoms with Crippen molar-refractivity contribution < 1.29 is 4.79 Å². The highest BCUT2D eigenvalue weighted by Crippen LogP contribution is 2.33. The molecule has 3 aromatic rings. The summed E-state index contributed by atoms with van der Waals surface area (Å²) in [5, 5.41) is 4.97. The van der Waals surface area contributed by atoms with Crippen LogP contribution in [-0.4, -0.2) is 88.2 Å². The minimum Gasteiger partial charge on any atom is -0.333 e. The van der Waals surface area contributed by atoms with Crippen LogP contribution >= 0.6 is 60.1 Å². The molecule has 1 amide bonds. The summed E-state index contributed by atoms with van der Waals surface area (Å²) in [6, 6.07) is 10.2. The van der Waals surface area contributed by atoms with Crippen LogP contribution in [0.5, 0.6) is 0 Å². The van der Waals surface area contributed by atoms with Crippen molar-refractivity contribution in [2.75, 3.05) is 62.8 Å². The van der Waals surface area contributed by atoms with Crippen LogP contribution in [0.1, 0.15) is 5.69 Å². The van der Waals surface area contributed by atoms with Crippen molar-refractivity contribution in [2.45, 2.75) is 22.0 Å². The zero-order chi connectivity index (χ0) is 23.2. The Morgan fingerprint density at radius 2 is 1.77 bits per heavy atom. The highest BCUT2D eigenvalue weighted by Gasteiger charge is 2.20. The number of pyridine rings is 1. The Balaban J connectivity index is 0.00000216. The van der Waals surface area contributed by atoms with E-state index in [1.165, 1.54) is 0 Å². The van der Waals surface area contributed by atoms with E-state index in [0.717, 1.165) is 76.0 Å². The Kier molecular flexibility index (Phi) is 12.5. The van der Waals surface area contributed by atoms with Crippen LogP contribution in [0, 0.1) is 6.92 Å². The SMILES string of the molecule is CSc1cc(C)nc(SC)c1NC(=O)CN1CCN(CCSc2nc3ccccc3[nH]2)CC1.Cl.Cl. The maximum Gasteiger partial charge on any atom is 0.238 e. The molecule has 1 aliphatic rings. The number of carbonyl (C=O) groups excluding carboxylic acids is 1. The number of nitrogens with zero attached hydrogens (tertiary/aromatic N) is 4. The first-order valence-corrected chi connectivity index (χ1v) is 14.4. The lowest BCUT2D eigenvalue weighted by Crippen LogP contribution is -2.49. The van der Waals surface area contributed by atoms with Crippen molar-refractivity contribution in [1.29, 1.82) is 0 Å². The Labute approximate surface area is 232 Å². The zero-order valence-electron chi connectivity index (χ0n) is 20.1. The van der Waals surface area contributed by atoms with E-state index in [1.54, 1.807) is 35.3 Å². The van der Waals surface area contributed by atoms with Crippen molar-refractivity contribution in [3.05, 3.63) is 36.0 Å². The van der Waals surface area contributed by atoms with Gasteiger partial charge in [0.2, 0.25) is 5.91 Å². The first-order chi connectivity index (χ1) is 16.1. The normalized spacial score (nSPS) is 14.4. The number of aryl methyl sites for hydroxylation is 1. The van der Waals surface area contributed by atoms with Gasteiger partial charge in [-0.15, -0.1) is 48.3 Å². The van der Waals surface area contributed by atoms with Gasteiger partial charge in [0, 0.05) is 49.1 Å². The van der Waals surface area contributed by atoms with Gasteiger partial charge >= 0.3 is 0 Å². The molecule has 7 nitrogen and oxygen atoms in total. The number of aromatic nitrogens is 3. The minimum atomic E-state index is 0. The largest absolute Gasteiger partial charge is 0.333 e. The molecule has 192 valence electrons. The van der Waals surface area contributed by atoms with Crippen LogP contribution in [0.25, 0.3) is 11.0 Å². The second-order valence-corrected chi connectivity index (χ2v) is 10.7. The van der Waals surface area contributed by atoms with Gasteiger partial charge in [0.25, 0.3) is 0 Å². The van der Waals surface area contributed by atoms with Crippen LogP contribution in [0.2, 0.25) is 0 Å². The summed E-state index contributed by atoms with van der Waals surface area (Å²) in [4.78, 5) is 31.1. The van der Waals surface area contributed by atoms with Crippen LogP contribution in [0.15, 0.2) is 45.4 Å². The number of hydrogen-bond acceptors (Lipinski definition) is 8. The molecule has 1 aromatic carbocycles. The third-order valence-corrected chi connectivity index (χ3v) is 7.90. The molecule has 1 saturated heterocycles. The number of anilines is 1. The van der Waals surface area contributed by atoms with Crippen LogP contribution in [0.3, 0.4) is 0 Å². The van der Waals surface area contributed by atoms with E-state index in [-0.39, 0.29) is 30.7 Å². The van der Waals surface area contributed by atoms with E-state index in [0.29, 0.717) is 6.54 Å². The third-order valence-electron chi connectivity index (χ3n) is 5.60. The smallest absolute Gasteiger partial charge is 0.238 e. The summed E-state index contributed by atoms with van der Waals surface area (Å²) < 4.78 is 0. The van der Waals surface area contributed by atoms with E-state index in [1.807, 2.05) is 43.7 Å². The molecule has 2 aromatic heterocycles. The van der Waals surface area contributed by atoms with Gasteiger partial charge in [0.15, 0.2) is 5.16 Å². The highest BCUT2D eigenvalue weighted by atomic mass is 35.5. The van der Waals surface area contributed by atoms with E-state index in [2.05, 4.69) is 36.1 Å². The molecule has 0 bridgehead atoms. The molecular weight excluding hydrogens is 543 g/mol. The van der Waals surface area contributed by atoms with Crippen LogP contribution < -0.4 is 5.32 Å². The first kappa shape index (κ1) is 30.1. The summed E-state index contributed by atoms with van der Waals surface area (Å²) in [6.07, 6.45) is 4.02. The van der Waals surface area contributed by atoms with Gasteiger partial charge in [-0.05, 0) is 37.6 Å². The Hall–Kier alpha value is -1.14. The number of halogens is 2. The number of hydrogen-bond donors (Lipinski definition) is 2. The fourth-order valence-electron chi connectivity index (χ4n) is 3.86. The summed E-state index contributed by atoms with van der Waals surface area (Å²) in [7, 11) is 0. The molecule has 0 unspecified atom stereocenters.